The summed E-state index contributed by atoms with van der Waals surface area (Å²) in [7, 11) is 0. The summed E-state index contributed by atoms with van der Waals surface area (Å²) in [5, 5.41) is 6.35. The number of carbonyl (C=O) groups excluding carboxylic acids is 1. The van der Waals surface area contributed by atoms with Crippen molar-refractivity contribution in [1.82, 2.24) is 10.5 Å². The lowest BCUT2D eigenvalue weighted by Gasteiger charge is -1.98. The van der Waals surface area contributed by atoms with Gasteiger partial charge in [-0.25, -0.2) is 0 Å². The fraction of sp³-hybridized carbons (Fsp3) is 0.500. The average molecular weight is 203 g/mol. The summed E-state index contributed by atoms with van der Waals surface area (Å²) in [5.41, 5.74) is 0.846. The van der Waals surface area contributed by atoms with Crippen LogP contribution in [0.15, 0.2) is 10.6 Å². The molecule has 4 nitrogen and oxygen atoms in total. The summed E-state index contributed by atoms with van der Waals surface area (Å²) in [6, 6.07) is 1.84. The van der Waals surface area contributed by atoms with E-state index in [-0.39, 0.29) is 11.8 Å². The topological polar surface area (TPSA) is 55.1 Å². The van der Waals surface area contributed by atoms with E-state index in [1.54, 1.807) is 0 Å². The van der Waals surface area contributed by atoms with Crippen LogP contribution in [0.3, 0.4) is 0 Å². The van der Waals surface area contributed by atoms with Gasteiger partial charge in [0.15, 0.2) is 0 Å². The highest BCUT2D eigenvalue weighted by Crippen LogP contribution is 2.01. The van der Waals surface area contributed by atoms with E-state index >= 15 is 0 Å². The van der Waals surface area contributed by atoms with Crippen molar-refractivity contribution in [2.24, 2.45) is 0 Å². The van der Waals surface area contributed by atoms with Crippen LogP contribution < -0.4 is 5.32 Å². The van der Waals surface area contributed by atoms with E-state index in [0.29, 0.717) is 13.0 Å². The van der Waals surface area contributed by atoms with E-state index in [4.69, 9.17) is 16.1 Å². The standard InChI is InChI=1S/C8H11ClN2O2/c1-6-4-7(13-11-6)2-3-10-8(12)5-9/h4H,2-3,5H2,1H3,(H,10,12). The molecule has 5 heteroatoms. The monoisotopic (exact) mass is 202 g/mol. The van der Waals surface area contributed by atoms with Gasteiger partial charge in [-0.05, 0) is 6.92 Å². The molecule has 72 valence electrons. The molecule has 1 aromatic heterocycles. The van der Waals surface area contributed by atoms with Gasteiger partial charge in [-0.2, -0.15) is 0 Å². The molecule has 0 aliphatic carbocycles. The van der Waals surface area contributed by atoms with E-state index in [2.05, 4.69) is 10.5 Å². The molecule has 1 rings (SSSR count). The fourth-order valence-corrected chi connectivity index (χ4v) is 1.00. The van der Waals surface area contributed by atoms with Gasteiger partial charge in [-0.3, -0.25) is 4.79 Å². The average Bonchev–Trinajstić information content (AvgIpc) is 2.51. The van der Waals surface area contributed by atoms with Gasteiger partial charge in [-0.15, -0.1) is 11.6 Å². The van der Waals surface area contributed by atoms with Crippen molar-refractivity contribution in [3.8, 4) is 0 Å². The number of amides is 1. The summed E-state index contributed by atoms with van der Waals surface area (Å²) < 4.78 is 4.95. The van der Waals surface area contributed by atoms with Crippen LogP contribution in [0.2, 0.25) is 0 Å². The van der Waals surface area contributed by atoms with Crippen LogP contribution in [0.1, 0.15) is 11.5 Å². The number of aryl methyl sites for hydroxylation is 1. The second-order valence-electron chi connectivity index (χ2n) is 2.67. The van der Waals surface area contributed by atoms with Crippen LogP contribution in [-0.2, 0) is 11.2 Å². The molecule has 0 fully saturated rings. The molecule has 0 aromatic carbocycles. The molecule has 13 heavy (non-hydrogen) atoms. The third-order valence-corrected chi connectivity index (χ3v) is 1.73. The Morgan fingerprint density at radius 2 is 2.54 bits per heavy atom. The third kappa shape index (κ3) is 3.46. The Morgan fingerprint density at radius 3 is 3.08 bits per heavy atom. The van der Waals surface area contributed by atoms with E-state index in [0.717, 1.165) is 11.5 Å². The lowest BCUT2D eigenvalue weighted by atomic mass is 10.3. The summed E-state index contributed by atoms with van der Waals surface area (Å²) in [6.07, 6.45) is 0.642. The minimum atomic E-state index is -0.169. The Kier molecular flexibility index (Phi) is 3.76. The second-order valence-corrected chi connectivity index (χ2v) is 2.94. The zero-order valence-corrected chi connectivity index (χ0v) is 8.10. The van der Waals surface area contributed by atoms with Crippen molar-refractivity contribution in [1.29, 1.82) is 0 Å². The number of halogens is 1. The predicted octanol–water partition coefficient (Wildman–Crippen LogP) is 0.881. The quantitative estimate of drug-likeness (QED) is 0.738. The van der Waals surface area contributed by atoms with Crippen LogP contribution in [0.25, 0.3) is 0 Å². The normalized spacial score (nSPS) is 10.0. The largest absolute Gasteiger partial charge is 0.361 e. The summed E-state index contributed by atoms with van der Waals surface area (Å²) in [4.78, 5) is 10.7. The van der Waals surface area contributed by atoms with Gasteiger partial charge in [0.25, 0.3) is 0 Å². The first-order valence-corrected chi connectivity index (χ1v) is 4.50. The summed E-state index contributed by atoms with van der Waals surface area (Å²) in [6.45, 7) is 2.38. The van der Waals surface area contributed by atoms with Gasteiger partial charge >= 0.3 is 0 Å². The van der Waals surface area contributed by atoms with Crippen molar-refractivity contribution in [2.45, 2.75) is 13.3 Å². The smallest absolute Gasteiger partial charge is 0.234 e. The molecule has 0 bridgehead atoms. The molecule has 0 unspecified atom stereocenters. The highest BCUT2D eigenvalue weighted by Gasteiger charge is 2.01. The number of nitrogens with zero attached hydrogens (tertiary/aromatic N) is 1. The highest BCUT2D eigenvalue weighted by atomic mass is 35.5. The fourth-order valence-electron chi connectivity index (χ4n) is 0.906. The lowest BCUT2D eigenvalue weighted by Crippen LogP contribution is -2.26. The highest BCUT2D eigenvalue weighted by molar-refractivity contribution is 6.27. The van der Waals surface area contributed by atoms with Gasteiger partial charge in [0.05, 0.1) is 5.69 Å². The molecular formula is C8H11ClN2O2. The van der Waals surface area contributed by atoms with Gasteiger partial charge in [-0.1, -0.05) is 5.16 Å². The first-order chi connectivity index (χ1) is 6.22. The molecule has 0 spiro atoms. The number of nitrogens with one attached hydrogen (secondary N) is 1. The van der Waals surface area contributed by atoms with Gasteiger partial charge in [0.1, 0.15) is 11.6 Å². The zero-order chi connectivity index (χ0) is 9.68. The molecule has 0 saturated carbocycles. The summed E-state index contributed by atoms with van der Waals surface area (Å²) >= 11 is 5.29. The molecule has 0 aliphatic rings. The van der Waals surface area contributed by atoms with Gasteiger partial charge in [0.2, 0.25) is 5.91 Å². The third-order valence-electron chi connectivity index (χ3n) is 1.49. The minimum absolute atomic E-state index is 0.00453. The van der Waals surface area contributed by atoms with E-state index < -0.39 is 0 Å². The van der Waals surface area contributed by atoms with Gasteiger partial charge in [0, 0.05) is 19.0 Å². The number of carbonyl (C=O) groups is 1. The molecule has 0 aliphatic heterocycles. The molecule has 1 N–H and O–H groups in total. The van der Waals surface area contributed by atoms with E-state index in [1.165, 1.54) is 0 Å². The van der Waals surface area contributed by atoms with Crippen molar-refractivity contribution in [3.63, 3.8) is 0 Å². The van der Waals surface area contributed by atoms with Crippen LogP contribution in [0.5, 0.6) is 0 Å². The first kappa shape index (κ1) is 10.1. The Hall–Kier alpha value is -1.03. The summed E-state index contributed by atoms with van der Waals surface area (Å²) in [5.74, 6) is 0.598. The maximum atomic E-state index is 10.7. The maximum Gasteiger partial charge on any atom is 0.234 e. The molecule has 1 heterocycles. The van der Waals surface area contributed by atoms with Crippen LogP contribution in [-0.4, -0.2) is 23.5 Å². The zero-order valence-electron chi connectivity index (χ0n) is 7.34. The number of aromatic nitrogens is 1. The number of hydrogen-bond donors (Lipinski definition) is 1. The molecule has 0 radical (unpaired) electrons. The second kappa shape index (κ2) is 4.87. The maximum absolute atomic E-state index is 10.7. The number of alkyl halides is 1. The SMILES string of the molecule is Cc1cc(CCNC(=O)CCl)on1. The van der Waals surface area contributed by atoms with Crippen LogP contribution in [0.4, 0.5) is 0 Å². The van der Waals surface area contributed by atoms with Crippen LogP contribution >= 0.6 is 11.6 Å². The molecule has 0 atom stereocenters. The van der Waals surface area contributed by atoms with Crippen LogP contribution in [0, 0.1) is 6.92 Å². The van der Waals surface area contributed by atoms with Gasteiger partial charge < -0.3 is 9.84 Å². The van der Waals surface area contributed by atoms with Crippen molar-refractivity contribution >= 4 is 17.5 Å². The van der Waals surface area contributed by atoms with Crippen molar-refractivity contribution in [3.05, 3.63) is 17.5 Å². The number of hydrogen-bond acceptors (Lipinski definition) is 3. The Morgan fingerprint density at radius 1 is 1.77 bits per heavy atom. The number of rotatable bonds is 4. The molecule has 1 amide bonds. The molecule has 1 aromatic rings. The van der Waals surface area contributed by atoms with Crippen molar-refractivity contribution in [2.75, 3.05) is 12.4 Å². The van der Waals surface area contributed by atoms with E-state index in [9.17, 15) is 4.79 Å². The lowest BCUT2D eigenvalue weighted by molar-refractivity contribution is -0.118. The first-order valence-electron chi connectivity index (χ1n) is 3.97. The Labute approximate surface area is 81.2 Å². The Balaban J connectivity index is 2.24. The Bertz CT molecular complexity index is 285. The van der Waals surface area contributed by atoms with E-state index in [1.807, 2.05) is 13.0 Å². The molecule has 0 saturated heterocycles. The predicted molar refractivity (Wildman–Crippen MR) is 48.7 cm³/mol. The minimum Gasteiger partial charge on any atom is -0.361 e. The van der Waals surface area contributed by atoms with Crippen molar-refractivity contribution < 1.29 is 9.32 Å². The molecular weight excluding hydrogens is 192 g/mol.